The van der Waals surface area contributed by atoms with Gasteiger partial charge in [-0.25, -0.2) is 9.97 Å². The van der Waals surface area contributed by atoms with Crippen molar-refractivity contribution in [1.82, 2.24) is 9.97 Å². The van der Waals surface area contributed by atoms with Gasteiger partial charge in [-0.2, -0.15) is 0 Å². The van der Waals surface area contributed by atoms with Gasteiger partial charge in [0.2, 0.25) is 0 Å². The number of aromatic nitrogens is 2. The van der Waals surface area contributed by atoms with E-state index >= 15 is 4.57 Å². The Hall–Kier alpha value is -8.75. The smallest absolute Gasteiger partial charge is 0.171 e. The first kappa shape index (κ1) is 40.3. The third-order valence-electron chi connectivity index (χ3n) is 14.5. The molecule has 0 unspecified atom stereocenters. The molecule has 0 bridgehead atoms. The highest BCUT2D eigenvalue weighted by Crippen LogP contribution is 2.46. The van der Waals surface area contributed by atoms with Crippen LogP contribution in [0.2, 0.25) is 0 Å². The van der Waals surface area contributed by atoms with E-state index in [9.17, 15) is 0 Å². The second-order valence-electron chi connectivity index (χ2n) is 18.3. The van der Waals surface area contributed by atoms with Crippen LogP contribution in [-0.4, -0.2) is 9.97 Å². The minimum absolute atomic E-state index is 0.771. The fraction of sp³-hybridized carbons (Fsp3) is 0. The van der Waals surface area contributed by atoms with E-state index in [-0.39, 0.29) is 0 Å². The highest BCUT2D eigenvalue weighted by molar-refractivity contribution is 7.85. The lowest BCUT2D eigenvalue weighted by Gasteiger charge is -2.22. The van der Waals surface area contributed by atoms with Gasteiger partial charge in [0.25, 0.3) is 0 Å². The van der Waals surface area contributed by atoms with Crippen LogP contribution in [-0.2, 0) is 4.57 Å². The molecule has 0 spiro atoms. The average molecular weight is 909 g/mol. The number of pyridine rings is 2. The van der Waals surface area contributed by atoms with E-state index in [4.69, 9.17) is 9.97 Å². The maximum atomic E-state index is 16.6. The average Bonchev–Trinajstić information content (AvgIpc) is 3.44. The van der Waals surface area contributed by atoms with Crippen molar-refractivity contribution in [3.05, 3.63) is 249 Å². The minimum atomic E-state index is -3.46. The van der Waals surface area contributed by atoms with E-state index in [1.165, 1.54) is 0 Å². The summed E-state index contributed by atoms with van der Waals surface area (Å²) in [4.78, 5) is 10.9. The van der Waals surface area contributed by atoms with Gasteiger partial charge >= 0.3 is 0 Å². The van der Waals surface area contributed by atoms with Gasteiger partial charge in [-0.05, 0) is 43.8 Å². The van der Waals surface area contributed by atoms with Crippen molar-refractivity contribution in [3.8, 4) is 33.4 Å². The number of fused-ring (bicyclic) bond motifs is 12. The summed E-state index contributed by atoms with van der Waals surface area (Å²) in [6, 6.07) is 87.3. The molecule has 326 valence electrons. The van der Waals surface area contributed by atoms with Crippen LogP contribution in [0, 0.1) is 0 Å². The van der Waals surface area contributed by atoms with Gasteiger partial charge in [-0.3, -0.25) is 0 Å². The fourth-order valence-electron chi connectivity index (χ4n) is 11.1. The Bertz CT molecular complexity index is 4040. The quantitative estimate of drug-likeness (QED) is 0.0948. The van der Waals surface area contributed by atoms with Gasteiger partial charge in [0, 0.05) is 70.1 Å². The summed E-state index contributed by atoms with van der Waals surface area (Å²) in [5, 5.41) is 15.8. The molecule has 0 amide bonds. The molecule has 0 saturated heterocycles. The zero-order valence-electron chi connectivity index (χ0n) is 37.9. The Balaban J connectivity index is 0.959. The Morgan fingerprint density at radius 1 is 0.229 bits per heavy atom. The van der Waals surface area contributed by atoms with Crippen LogP contribution in [0.15, 0.2) is 249 Å². The third-order valence-corrected chi connectivity index (χ3v) is 17.6. The minimum Gasteiger partial charge on any atom is -0.309 e. The van der Waals surface area contributed by atoms with Crippen LogP contribution in [0.3, 0.4) is 0 Å². The standard InChI is InChI=1S/C66H41N2OP/c69-70(50-32-22-43(23-33-50)42-12-2-1-3-13-42,51-34-24-48(25-35-51)61-57-38-28-44-14-4-8-18-53(44)63(57)67-64-54-19-9-5-15-45(54)29-39-58(61)64)52-36-26-49(27-37-52)62-59-40-30-46-16-6-10-20-55(46)65(59)68-66-56-21-11-7-17-47(56)31-41-60(62)66/h1-41H. The molecule has 14 rings (SSSR count). The zero-order chi connectivity index (χ0) is 46.3. The van der Waals surface area contributed by atoms with Gasteiger partial charge in [-0.15, -0.1) is 0 Å². The first-order valence-corrected chi connectivity index (χ1v) is 25.5. The molecule has 4 heteroatoms. The van der Waals surface area contributed by atoms with Crippen molar-refractivity contribution in [3.63, 3.8) is 0 Å². The molecule has 0 aliphatic carbocycles. The van der Waals surface area contributed by atoms with Crippen molar-refractivity contribution >= 4 is 110 Å². The van der Waals surface area contributed by atoms with E-state index in [2.05, 4.69) is 243 Å². The van der Waals surface area contributed by atoms with Crippen LogP contribution in [0.1, 0.15) is 0 Å². The highest BCUT2D eigenvalue weighted by atomic mass is 31.2. The lowest BCUT2D eigenvalue weighted by molar-refractivity contribution is 0.592. The van der Waals surface area contributed by atoms with Crippen molar-refractivity contribution in [2.45, 2.75) is 0 Å². The Morgan fingerprint density at radius 3 is 0.829 bits per heavy atom. The number of hydrogen-bond acceptors (Lipinski definition) is 3. The second-order valence-corrected chi connectivity index (χ2v) is 21.1. The van der Waals surface area contributed by atoms with Crippen molar-refractivity contribution in [2.75, 3.05) is 0 Å². The summed E-state index contributed by atoms with van der Waals surface area (Å²) in [7, 11) is -3.46. The number of nitrogens with zero attached hydrogens (tertiary/aromatic N) is 2. The van der Waals surface area contributed by atoms with E-state index < -0.39 is 7.14 Å². The molecule has 0 aliphatic rings. The maximum Gasteiger partial charge on any atom is 0.171 e. The molecule has 0 N–H and O–H groups in total. The maximum absolute atomic E-state index is 16.6. The number of benzene rings is 12. The van der Waals surface area contributed by atoms with Gasteiger partial charge in [0.15, 0.2) is 7.14 Å². The largest absolute Gasteiger partial charge is 0.309 e. The zero-order valence-corrected chi connectivity index (χ0v) is 38.8. The summed E-state index contributed by atoms with van der Waals surface area (Å²) in [5.41, 5.74) is 10.4. The molecule has 2 heterocycles. The molecular weight excluding hydrogens is 868 g/mol. The third kappa shape index (κ3) is 6.26. The van der Waals surface area contributed by atoms with Crippen LogP contribution in [0.25, 0.3) is 120 Å². The van der Waals surface area contributed by atoms with Crippen LogP contribution in [0.5, 0.6) is 0 Å². The summed E-state index contributed by atoms with van der Waals surface area (Å²) in [6.45, 7) is 0. The van der Waals surface area contributed by atoms with E-state index in [1.54, 1.807) is 0 Å². The van der Waals surface area contributed by atoms with Gasteiger partial charge in [-0.1, -0.05) is 249 Å². The lowest BCUT2D eigenvalue weighted by atomic mass is 9.92. The Kier molecular flexibility index (Phi) is 9.17. The van der Waals surface area contributed by atoms with Gasteiger partial charge in [0.1, 0.15) is 0 Å². The Morgan fingerprint density at radius 2 is 0.500 bits per heavy atom. The van der Waals surface area contributed by atoms with Gasteiger partial charge in [0.05, 0.1) is 22.1 Å². The van der Waals surface area contributed by atoms with Crippen LogP contribution in [0.4, 0.5) is 0 Å². The molecule has 0 atom stereocenters. The first-order chi connectivity index (χ1) is 34.6. The number of rotatable bonds is 6. The van der Waals surface area contributed by atoms with Gasteiger partial charge < -0.3 is 4.57 Å². The predicted octanol–water partition coefficient (Wildman–Crippen LogP) is 16.3. The normalized spacial score (nSPS) is 12.1. The van der Waals surface area contributed by atoms with Crippen molar-refractivity contribution in [1.29, 1.82) is 0 Å². The molecule has 0 aliphatic heterocycles. The first-order valence-electron chi connectivity index (χ1n) is 23.8. The molecule has 0 fully saturated rings. The van der Waals surface area contributed by atoms with E-state index in [0.29, 0.717) is 0 Å². The predicted molar refractivity (Wildman–Crippen MR) is 298 cm³/mol. The van der Waals surface area contributed by atoms with Crippen molar-refractivity contribution < 1.29 is 4.57 Å². The Labute approximate surface area is 404 Å². The van der Waals surface area contributed by atoms with Crippen LogP contribution >= 0.6 is 7.14 Å². The second kappa shape index (κ2) is 15.9. The van der Waals surface area contributed by atoms with E-state index in [1.807, 2.05) is 6.07 Å². The topological polar surface area (TPSA) is 42.9 Å². The molecule has 14 aromatic rings. The SMILES string of the molecule is O=P(c1ccc(-c2ccccc2)cc1)(c1ccc(-c2c3ccc4ccccc4c3nc3c2ccc2ccccc23)cc1)c1ccc(-c2c3ccc4ccccc4c3nc3c2ccc2ccccc23)cc1. The van der Waals surface area contributed by atoms with Crippen molar-refractivity contribution in [2.24, 2.45) is 0 Å². The highest BCUT2D eigenvalue weighted by Gasteiger charge is 2.31. The monoisotopic (exact) mass is 908 g/mol. The molecule has 3 nitrogen and oxygen atoms in total. The summed E-state index contributed by atoms with van der Waals surface area (Å²) in [5.74, 6) is 0. The van der Waals surface area contributed by atoms with Crippen LogP contribution < -0.4 is 15.9 Å². The molecular formula is C66H41N2OP. The summed E-state index contributed by atoms with van der Waals surface area (Å²) in [6.07, 6.45) is 0. The molecule has 0 radical (unpaired) electrons. The molecule has 0 saturated carbocycles. The van der Waals surface area contributed by atoms with E-state index in [0.717, 1.165) is 136 Å². The summed E-state index contributed by atoms with van der Waals surface area (Å²) >= 11 is 0. The molecule has 2 aromatic heterocycles. The number of hydrogen-bond donors (Lipinski definition) is 0. The molecule has 12 aromatic carbocycles. The fourth-order valence-corrected chi connectivity index (χ4v) is 13.7. The molecule has 70 heavy (non-hydrogen) atoms. The lowest BCUT2D eigenvalue weighted by Crippen LogP contribution is -2.25. The summed E-state index contributed by atoms with van der Waals surface area (Å²) < 4.78 is 16.6.